The van der Waals surface area contributed by atoms with Crippen molar-refractivity contribution in [2.24, 2.45) is 5.92 Å². The Hall–Kier alpha value is -0.0900. The van der Waals surface area contributed by atoms with Gasteiger partial charge >= 0.3 is 59.1 Å². The molecule has 0 spiro atoms. The molecule has 11 heteroatoms. The number of hydrogen-bond donors (Lipinski definition) is 1. The zero-order valence-corrected chi connectivity index (χ0v) is 23.0. The van der Waals surface area contributed by atoms with Crippen LogP contribution in [0.2, 0.25) is 10.0 Å². The number of carbonyl (C=O) groups excluding carboxylic acids is 2. The molecular weight excluding hydrogens is 451 g/mol. The van der Waals surface area contributed by atoms with Gasteiger partial charge in [0.1, 0.15) is 0 Å². The number of benzene rings is 1. The number of imidazole rings is 1. The maximum atomic E-state index is 11.6. The van der Waals surface area contributed by atoms with Gasteiger partial charge in [0, 0.05) is 40.9 Å². The van der Waals surface area contributed by atoms with E-state index in [0.717, 1.165) is 5.56 Å². The zero-order valence-electron chi connectivity index (χ0n) is 17.5. The summed E-state index contributed by atoms with van der Waals surface area (Å²) in [5.74, 6) is -2.69. The second-order valence-corrected chi connectivity index (χ2v) is 7.91. The molecule has 1 aromatic carbocycles. The third kappa shape index (κ3) is 9.59. The molecule has 30 heavy (non-hydrogen) atoms. The van der Waals surface area contributed by atoms with Gasteiger partial charge in [-0.15, -0.1) is 0 Å². The van der Waals surface area contributed by atoms with Crippen molar-refractivity contribution in [1.82, 2.24) is 14.9 Å². The number of nitrogens with zero attached hydrogens (tertiary/aromatic N) is 2. The van der Waals surface area contributed by atoms with E-state index in [0.29, 0.717) is 22.3 Å². The van der Waals surface area contributed by atoms with Gasteiger partial charge in [-0.3, -0.25) is 0 Å². The van der Waals surface area contributed by atoms with Crippen LogP contribution in [0.15, 0.2) is 30.7 Å². The quantitative estimate of drug-likeness (QED) is 0.346. The first-order valence-electron chi connectivity index (χ1n) is 8.77. The van der Waals surface area contributed by atoms with Gasteiger partial charge in [-0.25, -0.2) is 4.98 Å². The molecule has 1 heterocycles. The second kappa shape index (κ2) is 14.1. The first kappa shape index (κ1) is 29.9. The fraction of sp³-hybridized carbons (Fsp3) is 0.421. The van der Waals surface area contributed by atoms with E-state index in [1.165, 1.54) is 6.20 Å². The number of halogens is 2. The van der Waals surface area contributed by atoms with Crippen LogP contribution in [0.4, 0.5) is 0 Å². The molecule has 152 valence electrons. The molecular formula is C19H21Cl2N3Na2O4. The van der Waals surface area contributed by atoms with E-state index in [1.807, 2.05) is 13.8 Å². The monoisotopic (exact) mass is 471 g/mol. The van der Waals surface area contributed by atoms with Crippen molar-refractivity contribution in [2.45, 2.75) is 45.3 Å². The molecule has 2 rings (SSSR count). The molecule has 0 bridgehead atoms. The maximum Gasteiger partial charge on any atom is 1.00 e. The van der Waals surface area contributed by atoms with E-state index in [1.54, 1.807) is 29.1 Å². The predicted octanol–water partition coefficient (Wildman–Crippen LogP) is -5.34. The Labute approximate surface area is 230 Å². The van der Waals surface area contributed by atoms with Crippen LogP contribution < -0.4 is 74.6 Å². The second-order valence-electron chi connectivity index (χ2n) is 7.03. The van der Waals surface area contributed by atoms with Gasteiger partial charge in [-0.2, -0.15) is 0 Å². The average molecular weight is 472 g/mol. The summed E-state index contributed by atoms with van der Waals surface area (Å²) in [6, 6.07) is 2.82. The minimum absolute atomic E-state index is 0. The summed E-state index contributed by atoms with van der Waals surface area (Å²) in [6.07, 6.45) is 3.33. The molecule has 0 saturated heterocycles. The number of rotatable bonds is 10. The smallest absolute Gasteiger partial charge is 0.548 e. The largest absolute Gasteiger partial charge is 1.00 e. The molecule has 2 atom stereocenters. The molecule has 7 nitrogen and oxygen atoms in total. The van der Waals surface area contributed by atoms with E-state index in [-0.39, 0.29) is 77.9 Å². The summed E-state index contributed by atoms with van der Waals surface area (Å²) < 4.78 is 1.75. The number of aromatic nitrogens is 2. The van der Waals surface area contributed by atoms with Gasteiger partial charge in [0.2, 0.25) is 0 Å². The number of carboxylic acid groups (broad SMARTS) is 2. The van der Waals surface area contributed by atoms with Crippen molar-refractivity contribution in [2.75, 3.05) is 0 Å². The Morgan fingerprint density at radius 1 is 1.07 bits per heavy atom. The van der Waals surface area contributed by atoms with Crippen LogP contribution in [0.3, 0.4) is 0 Å². The minimum Gasteiger partial charge on any atom is -0.548 e. The molecule has 0 aliphatic rings. The number of carbonyl (C=O) groups is 2. The Balaban J connectivity index is 0.00000420. The zero-order chi connectivity index (χ0) is 20.8. The molecule has 0 saturated carbocycles. The summed E-state index contributed by atoms with van der Waals surface area (Å²) in [6.45, 7) is 4.07. The van der Waals surface area contributed by atoms with Crippen molar-refractivity contribution in [3.8, 4) is 0 Å². The topological polar surface area (TPSA) is 110 Å². The van der Waals surface area contributed by atoms with Crippen molar-refractivity contribution in [3.05, 3.63) is 52.0 Å². The fourth-order valence-corrected chi connectivity index (χ4v) is 3.50. The third-order valence-corrected chi connectivity index (χ3v) is 4.60. The molecule has 0 amide bonds. The summed E-state index contributed by atoms with van der Waals surface area (Å²) >= 11 is 12.0. The van der Waals surface area contributed by atoms with Crippen molar-refractivity contribution in [3.63, 3.8) is 0 Å². The fourth-order valence-electron chi connectivity index (χ4n) is 2.93. The standard InChI is InChI=1S/C19H23Cl2N3O4.2Na/c1-11(2)3-16(18(25)26)23-17(19(27)28)7-15-8-22-10-24(15)9-12-4-13(20)6-14(21)5-12;;/h4-6,8,10-11,16-17,23H,3,7,9H2,1-2H3,(H,25,26)(H,27,28);;/q;2*+1/p-2/t16-,17+;;/m1../s1. The van der Waals surface area contributed by atoms with Crippen LogP contribution in [0.25, 0.3) is 0 Å². The van der Waals surface area contributed by atoms with Gasteiger partial charge < -0.3 is 29.7 Å². The number of hydrogen-bond acceptors (Lipinski definition) is 6. The summed E-state index contributed by atoms with van der Waals surface area (Å²) in [5.41, 5.74) is 1.42. The first-order valence-corrected chi connectivity index (χ1v) is 9.53. The molecule has 0 unspecified atom stereocenters. The van der Waals surface area contributed by atoms with Crippen LogP contribution in [0.5, 0.6) is 0 Å². The van der Waals surface area contributed by atoms with E-state index in [2.05, 4.69) is 10.3 Å². The van der Waals surface area contributed by atoms with Gasteiger partial charge in [0.05, 0.1) is 24.3 Å². The van der Waals surface area contributed by atoms with E-state index in [4.69, 9.17) is 23.2 Å². The van der Waals surface area contributed by atoms with Crippen molar-refractivity contribution >= 4 is 35.1 Å². The number of aliphatic carboxylic acids is 2. The van der Waals surface area contributed by atoms with E-state index in [9.17, 15) is 19.8 Å². The molecule has 2 aromatic rings. The summed E-state index contributed by atoms with van der Waals surface area (Å²) in [7, 11) is 0. The van der Waals surface area contributed by atoms with Crippen LogP contribution in [-0.2, 0) is 22.6 Å². The molecule has 0 aliphatic carbocycles. The SMILES string of the molecule is CC(C)C[C@@H](N[C@@H](Cc1cncn1Cc1cc(Cl)cc(Cl)c1)C(=O)[O-])C(=O)[O-].[Na+].[Na+]. The molecule has 0 radical (unpaired) electrons. The van der Waals surface area contributed by atoms with Gasteiger partial charge in [-0.1, -0.05) is 37.0 Å². The average Bonchev–Trinajstić information content (AvgIpc) is 2.98. The Morgan fingerprint density at radius 2 is 1.63 bits per heavy atom. The third-order valence-electron chi connectivity index (χ3n) is 4.17. The van der Waals surface area contributed by atoms with Crippen LogP contribution in [-0.4, -0.2) is 33.6 Å². The van der Waals surface area contributed by atoms with Gasteiger partial charge in [0.15, 0.2) is 0 Å². The number of carboxylic acids is 2. The van der Waals surface area contributed by atoms with Crippen molar-refractivity contribution in [1.29, 1.82) is 0 Å². The molecule has 0 fully saturated rings. The Bertz CT molecular complexity index is 829. The molecule has 1 N–H and O–H groups in total. The summed E-state index contributed by atoms with van der Waals surface area (Å²) in [5, 5.41) is 26.5. The summed E-state index contributed by atoms with van der Waals surface area (Å²) in [4.78, 5) is 27.0. The maximum absolute atomic E-state index is 11.6. The Morgan fingerprint density at radius 3 is 2.13 bits per heavy atom. The van der Waals surface area contributed by atoms with Crippen LogP contribution in [0, 0.1) is 5.92 Å². The van der Waals surface area contributed by atoms with Crippen LogP contribution in [0.1, 0.15) is 31.5 Å². The van der Waals surface area contributed by atoms with Gasteiger partial charge in [-0.05, 0) is 36.1 Å². The minimum atomic E-state index is -1.39. The molecule has 0 aliphatic heterocycles. The predicted molar refractivity (Wildman–Crippen MR) is 102 cm³/mol. The Kier molecular flexibility index (Phi) is 14.1. The van der Waals surface area contributed by atoms with E-state index >= 15 is 0 Å². The number of nitrogens with one attached hydrogen (secondary N) is 1. The van der Waals surface area contributed by atoms with E-state index < -0.39 is 24.0 Å². The molecule has 1 aromatic heterocycles. The normalized spacial score (nSPS) is 12.6. The van der Waals surface area contributed by atoms with Gasteiger partial charge in [0.25, 0.3) is 0 Å². The first-order chi connectivity index (χ1) is 13.2. The van der Waals surface area contributed by atoms with Crippen LogP contribution >= 0.6 is 23.2 Å². The van der Waals surface area contributed by atoms with Crippen molar-refractivity contribution < 1.29 is 78.9 Å².